The van der Waals surface area contributed by atoms with E-state index in [4.69, 9.17) is 11.6 Å². The summed E-state index contributed by atoms with van der Waals surface area (Å²) in [4.78, 5) is 0. The van der Waals surface area contributed by atoms with Crippen LogP contribution >= 0.6 is 27.5 Å². The molecule has 0 heterocycles. The molecule has 0 spiro atoms. The van der Waals surface area contributed by atoms with Gasteiger partial charge in [0, 0.05) is 11.5 Å². The second-order valence-electron chi connectivity index (χ2n) is 2.00. The minimum absolute atomic E-state index is 0.316. The van der Waals surface area contributed by atoms with E-state index >= 15 is 0 Å². The van der Waals surface area contributed by atoms with E-state index in [1.165, 1.54) is 12.1 Å². The Kier molecular flexibility index (Phi) is 2.73. The Morgan fingerprint density at radius 2 is 2.18 bits per heavy atom. The number of rotatable bonds is 1. The van der Waals surface area contributed by atoms with Crippen molar-refractivity contribution >= 4 is 33.2 Å². The number of nitrogens with one attached hydrogen (secondary N) is 1. The molecule has 1 rings (SSSR count). The Hall–Kier alpha value is -0.280. The Balaban J connectivity index is 3.21. The van der Waals surface area contributed by atoms with Crippen molar-refractivity contribution in [1.29, 1.82) is 0 Å². The van der Waals surface area contributed by atoms with Crippen LogP contribution in [0.2, 0.25) is 5.02 Å². The van der Waals surface area contributed by atoms with Gasteiger partial charge in [-0.2, -0.15) is 0 Å². The van der Waals surface area contributed by atoms with E-state index in [1.54, 1.807) is 7.05 Å². The molecule has 1 aromatic carbocycles. The third-order valence-corrected chi connectivity index (χ3v) is 2.48. The van der Waals surface area contributed by atoms with Gasteiger partial charge in [-0.3, -0.25) is 0 Å². The highest BCUT2D eigenvalue weighted by atomic mass is 79.9. The van der Waals surface area contributed by atoms with Crippen LogP contribution in [-0.4, -0.2) is 7.05 Å². The summed E-state index contributed by atoms with van der Waals surface area (Å²) in [7, 11) is 1.64. The molecule has 1 N–H and O–H groups in total. The second-order valence-corrected chi connectivity index (χ2v) is 3.26. The van der Waals surface area contributed by atoms with Crippen LogP contribution in [0.1, 0.15) is 0 Å². The van der Waals surface area contributed by atoms with Crippen molar-refractivity contribution in [3.63, 3.8) is 0 Å². The van der Waals surface area contributed by atoms with Gasteiger partial charge >= 0.3 is 0 Å². The fourth-order valence-corrected chi connectivity index (χ4v) is 1.19. The van der Waals surface area contributed by atoms with Crippen molar-refractivity contribution < 1.29 is 4.39 Å². The Labute approximate surface area is 77.7 Å². The van der Waals surface area contributed by atoms with Gasteiger partial charge in [0.1, 0.15) is 5.82 Å². The number of anilines is 1. The molecule has 1 aromatic rings. The van der Waals surface area contributed by atoms with E-state index in [0.29, 0.717) is 15.2 Å². The van der Waals surface area contributed by atoms with E-state index in [0.717, 1.165) is 0 Å². The number of hydrogen-bond donors (Lipinski definition) is 1. The van der Waals surface area contributed by atoms with Gasteiger partial charge in [0.15, 0.2) is 0 Å². The van der Waals surface area contributed by atoms with Crippen molar-refractivity contribution in [2.24, 2.45) is 0 Å². The summed E-state index contributed by atoms with van der Waals surface area (Å²) in [5.41, 5.74) is 0.401. The molecular weight excluding hydrogens is 232 g/mol. The molecule has 4 heteroatoms. The molecule has 0 bridgehead atoms. The van der Waals surface area contributed by atoms with Gasteiger partial charge in [0.05, 0.1) is 10.7 Å². The molecule has 0 saturated carbocycles. The van der Waals surface area contributed by atoms with Crippen LogP contribution in [0.5, 0.6) is 0 Å². The zero-order chi connectivity index (χ0) is 8.43. The van der Waals surface area contributed by atoms with Crippen LogP contribution in [0.25, 0.3) is 0 Å². The molecule has 60 valence electrons. The third kappa shape index (κ3) is 1.84. The topological polar surface area (TPSA) is 12.0 Å². The van der Waals surface area contributed by atoms with Crippen LogP contribution in [0.4, 0.5) is 10.1 Å². The summed E-state index contributed by atoms with van der Waals surface area (Å²) in [5.74, 6) is -0.316. The fourth-order valence-electron chi connectivity index (χ4n) is 0.714. The van der Waals surface area contributed by atoms with Crippen molar-refractivity contribution in [2.45, 2.75) is 0 Å². The lowest BCUT2D eigenvalue weighted by atomic mass is 10.3. The summed E-state index contributed by atoms with van der Waals surface area (Å²) < 4.78 is 13.4. The Morgan fingerprint density at radius 3 is 2.73 bits per heavy atom. The van der Waals surface area contributed by atoms with E-state index in [9.17, 15) is 4.39 Å². The molecule has 0 fully saturated rings. The predicted octanol–water partition coefficient (Wildman–Crippen LogP) is 3.28. The van der Waals surface area contributed by atoms with Gasteiger partial charge in [0.25, 0.3) is 0 Å². The maximum atomic E-state index is 12.9. The molecule has 0 amide bonds. The first-order valence-corrected chi connectivity index (χ1v) is 4.14. The van der Waals surface area contributed by atoms with Gasteiger partial charge in [-0.05, 0) is 28.1 Å². The van der Waals surface area contributed by atoms with Crippen LogP contribution in [0.3, 0.4) is 0 Å². The Bertz CT molecular complexity index is 277. The minimum atomic E-state index is -0.316. The number of hydrogen-bond acceptors (Lipinski definition) is 1. The maximum Gasteiger partial charge on any atom is 0.147 e. The van der Waals surface area contributed by atoms with E-state index in [1.807, 2.05) is 0 Å². The molecule has 0 unspecified atom stereocenters. The molecule has 0 aliphatic rings. The molecular formula is C7H6BrClFN. The minimum Gasteiger partial charge on any atom is -0.386 e. The molecule has 0 saturated heterocycles. The highest BCUT2D eigenvalue weighted by Crippen LogP contribution is 2.27. The lowest BCUT2D eigenvalue weighted by Gasteiger charge is -2.03. The van der Waals surface area contributed by atoms with Gasteiger partial charge in [-0.15, -0.1) is 0 Å². The van der Waals surface area contributed by atoms with E-state index in [2.05, 4.69) is 21.2 Å². The molecule has 11 heavy (non-hydrogen) atoms. The van der Waals surface area contributed by atoms with Crippen LogP contribution in [0, 0.1) is 5.82 Å². The molecule has 0 aliphatic carbocycles. The summed E-state index contributed by atoms with van der Waals surface area (Å²) in [6.07, 6.45) is 0. The van der Waals surface area contributed by atoms with Gasteiger partial charge in [0.2, 0.25) is 0 Å². The highest BCUT2D eigenvalue weighted by Gasteiger charge is 2.04. The normalized spacial score (nSPS) is 9.82. The van der Waals surface area contributed by atoms with Crippen molar-refractivity contribution in [1.82, 2.24) is 0 Å². The molecule has 0 aliphatic heterocycles. The van der Waals surface area contributed by atoms with Gasteiger partial charge in [-0.1, -0.05) is 11.6 Å². The first-order valence-electron chi connectivity index (χ1n) is 2.97. The van der Waals surface area contributed by atoms with Crippen molar-refractivity contribution in [3.8, 4) is 0 Å². The first-order chi connectivity index (χ1) is 5.15. The standard InChI is InChI=1S/C7H6BrClFN/c1-11-7-3-5(9)4(8)2-6(7)10/h2-3,11H,1H3. The smallest absolute Gasteiger partial charge is 0.147 e. The summed E-state index contributed by atoms with van der Waals surface area (Å²) in [6.45, 7) is 0. The van der Waals surface area contributed by atoms with Crippen molar-refractivity contribution in [2.75, 3.05) is 12.4 Å². The van der Waals surface area contributed by atoms with Crippen LogP contribution < -0.4 is 5.32 Å². The van der Waals surface area contributed by atoms with Gasteiger partial charge < -0.3 is 5.32 Å². The number of halogens is 3. The predicted molar refractivity (Wildman–Crippen MR) is 48.7 cm³/mol. The second kappa shape index (κ2) is 3.41. The lowest BCUT2D eigenvalue weighted by Crippen LogP contribution is -1.92. The molecule has 0 aromatic heterocycles. The summed E-state index contributed by atoms with van der Waals surface area (Å²) in [5, 5.41) is 3.18. The average molecular weight is 238 g/mol. The first kappa shape index (κ1) is 8.81. The quantitative estimate of drug-likeness (QED) is 0.741. The monoisotopic (exact) mass is 237 g/mol. The van der Waals surface area contributed by atoms with Gasteiger partial charge in [-0.25, -0.2) is 4.39 Å². The third-order valence-electron chi connectivity index (χ3n) is 1.28. The van der Waals surface area contributed by atoms with Crippen LogP contribution in [-0.2, 0) is 0 Å². The zero-order valence-corrected chi connectivity index (χ0v) is 8.13. The summed E-state index contributed by atoms with van der Waals surface area (Å²) in [6, 6.07) is 2.86. The number of benzene rings is 1. The maximum absolute atomic E-state index is 12.9. The highest BCUT2D eigenvalue weighted by molar-refractivity contribution is 9.10. The summed E-state index contributed by atoms with van der Waals surface area (Å²) >= 11 is 8.82. The lowest BCUT2D eigenvalue weighted by molar-refractivity contribution is 0.630. The Morgan fingerprint density at radius 1 is 1.55 bits per heavy atom. The fraction of sp³-hybridized carbons (Fsp3) is 0.143. The molecule has 1 nitrogen and oxygen atoms in total. The largest absolute Gasteiger partial charge is 0.386 e. The SMILES string of the molecule is CNc1cc(Cl)c(Br)cc1F. The van der Waals surface area contributed by atoms with E-state index < -0.39 is 0 Å². The molecule has 0 radical (unpaired) electrons. The van der Waals surface area contributed by atoms with Crippen LogP contribution in [0.15, 0.2) is 16.6 Å². The average Bonchev–Trinajstić information content (AvgIpc) is 1.97. The molecule has 0 atom stereocenters. The zero-order valence-electron chi connectivity index (χ0n) is 5.79. The van der Waals surface area contributed by atoms with E-state index in [-0.39, 0.29) is 5.82 Å². The van der Waals surface area contributed by atoms with Crippen molar-refractivity contribution in [3.05, 3.63) is 27.4 Å².